The lowest BCUT2D eigenvalue weighted by molar-refractivity contribution is -0.125. The van der Waals surface area contributed by atoms with Crippen LogP contribution in [0, 0.1) is 5.92 Å². The molecule has 31 heavy (non-hydrogen) atoms. The maximum absolute atomic E-state index is 12.8. The summed E-state index contributed by atoms with van der Waals surface area (Å²) >= 11 is 6.08. The quantitative estimate of drug-likeness (QED) is 0.581. The fraction of sp³-hybridized carbons (Fsp3) is 0.391. The van der Waals surface area contributed by atoms with Gasteiger partial charge in [-0.1, -0.05) is 17.7 Å². The Hall–Kier alpha value is -2.93. The number of methoxy groups -OCH3 is 2. The molecule has 0 aliphatic carbocycles. The number of anilines is 1. The molecule has 1 saturated heterocycles. The molecule has 164 valence electrons. The first-order valence-corrected chi connectivity index (χ1v) is 10.8. The number of ether oxygens (including phenoxy) is 2. The van der Waals surface area contributed by atoms with Crippen molar-refractivity contribution < 1.29 is 14.3 Å². The van der Waals surface area contributed by atoms with Crippen LogP contribution in [-0.4, -0.2) is 49.7 Å². The van der Waals surface area contributed by atoms with Crippen molar-refractivity contribution in [2.75, 3.05) is 38.8 Å². The van der Waals surface area contributed by atoms with Gasteiger partial charge < -0.3 is 24.7 Å². The number of hydrogen-bond donors (Lipinski definition) is 2. The largest absolute Gasteiger partial charge is 0.493 e. The second-order valence-corrected chi connectivity index (χ2v) is 8.17. The highest BCUT2D eigenvalue weighted by Crippen LogP contribution is 2.28. The van der Waals surface area contributed by atoms with Crippen LogP contribution in [0.25, 0.3) is 11.0 Å². The van der Waals surface area contributed by atoms with Gasteiger partial charge in [0.25, 0.3) is 0 Å². The minimum Gasteiger partial charge on any atom is -0.493 e. The van der Waals surface area contributed by atoms with E-state index in [4.69, 9.17) is 21.1 Å². The van der Waals surface area contributed by atoms with Crippen LogP contribution < -0.4 is 19.7 Å². The van der Waals surface area contributed by atoms with Crippen LogP contribution in [0.4, 0.5) is 5.95 Å². The molecule has 7 nitrogen and oxygen atoms in total. The van der Waals surface area contributed by atoms with Crippen molar-refractivity contribution in [2.24, 2.45) is 5.92 Å². The SMILES string of the molecule is COc1ccc(CCNC(=O)[C@@H]2CCCN(c3nc4ccc(Cl)cc4[nH]3)C2)cc1OC. The number of piperidine rings is 1. The van der Waals surface area contributed by atoms with Crippen LogP contribution in [0.3, 0.4) is 0 Å². The zero-order valence-corrected chi connectivity index (χ0v) is 18.5. The molecule has 1 fully saturated rings. The van der Waals surface area contributed by atoms with Gasteiger partial charge in [-0.3, -0.25) is 4.79 Å². The Morgan fingerprint density at radius 2 is 2.06 bits per heavy atom. The molecule has 0 unspecified atom stereocenters. The number of aromatic amines is 1. The smallest absolute Gasteiger partial charge is 0.224 e. The molecule has 2 aromatic carbocycles. The number of imidazole rings is 1. The summed E-state index contributed by atoms with van der Waals surface area (Å²) in [7, 11) is 3.24. The number of carbonyl (C=O) groups excluding carboxylic acids is 1. The number of carbonyl (C=O) groups is 1. The summed E-state index contributed by atoms with van der Waals surface area (Å²) in [5.41, 5.74) is 2.87. The Labute approximate surface area is 186 Å². The van der Waals surface area contributed by atoms with Crippen molar-refractivity contribution in [2.45, 2.75) is 19.3 Å². The number of nitrogens with one attached hydrogen (secondary N) is 2. The Balaban J connectivity index is 1.33. The van der Waals surface area contributed by atoms with Crippen LogP contribution in [0.1, 0.15) is 18.4 Å². The highest BCUT2D eigenvalue weighted by Gasteiger charge is 2.27. The van der Waals surface area contributed by atoms with E-state index >= 15 is 0 Å². The van der Waals surface area contributed by atoms with Gasteiger partial charge in [0.2, 0.25) is 11.9 Å². The normalized spacial score (nSPS) is 16.4. The van der Waals surface area contributed by atoms with Crippen molar-refractivity contribution in [1.82, 2.24) is 15.3 Å². The summed E-state index contributed by atoms with van der Waals surface area (Å²) in [5, 5.41) is 3.76. The molecule has 1 aliphatic heterocycles. The third-order valence-electron chi connectivity index (χ3n) is 5.68. The summed E-state index contributed by atoms with van der Waals surface area (Å²) in [5.74, 6) is 2.21. The first-order valence-electron chi connectivity index (χ1n) is 10.5. The predicted molar refractivity (Wildman–Crippen MR) is 122 cm³/mol. The van der Waals surface area contributed by atoms with Crippen LogP contribution in [0.5, 0.6) is 11.5 Å². The van der Waals surface area contributed by atoms with Gasteiger partial charge >= 0.3 is 0 Å². The molecule has 4 rings (SSSR count). The molecular formula is C23H27ClN4O3. The van der Waals surface area contributed by atoms with Gasteiger partial charge in [0.05, 0.1) is 31.2 Å². The zero-order chi connectivity index (χ0) is 21.8. The van der Waals surface area contributed by atoms with Crippen LogP contribution in [0.15, 0.2) is 36.4 Å². The number of aromatic nitrogens is 2. The van der Waals surface area contributed by atoms with E-state index in [0.29, 0.717) is 29.6 Å². The van der Waals surface area contributed by atoms with E-state index in [-0.39, 0.29) is 11.8 Å². The topological polar surface area (TPSA) is 79.5 Å². The molecule has 2 heterocycles. The van der Waals surface area contributed by atoms with E-state index in [1.165, 1.54) is 0 Å². The number of nitrogens with zero attached hydrogens (tertiary/aromatic N) is 2. The Bertz CT molecular complexity index is 1070. The minimum atomic E-state index is -0.0593. The van der Waals surface area contributed by atoms with Crippen molar-refractivity contribution in [3.63, 3.8) is 0 Å². The maximum Gasteiger partial charge on any atom is 0.224 e. The standard InChI is InChI=1S/C23H27ClN4O3/c1-30-20-8-5-15(12-21(20)31-2)9-10-25-22(29)16-4-3-11-28(14-16)23-26-18-7-6-17(24)13-19(18)27-23/h5-8,12-13,16H,3-4,9-11,14H2,1-2H3,(H,25,29)(H,26,27)/t16-/m1/s1. The van der Waals surface area contributed by atoms with Gasteiger partial charge in [0.1, 0.15) is 0 Å². The van der Waals surface area contributed by atoms with Gasteiger partial charge in [0, 0.05) is 24.7 Å². The third kappa shape index (κ3) is 4.88. The Morgan fingerprint density at radius 1 is 1.23 bits per heavy atom. The van der Waals surface area contributed by atoms with Gasteiger partial charge in [-0.2, -0.15) is 0 Å². The van der Waals surface area contributed by atoms with Crippen LogP contribution in [-0.2, 0) is 11.2 Å². The molecule has 0 radical (unpaired) electrons. The molecule has 0 bridgehead atoms. The fourth-order valence-corrected chi connectivity index (χ4v) is 4.18. The fourth-order valence-electron chi connectivity index (χ4n) is 4.01. The molecule has 0 spiro atoms. The highest BCUT2D eigenvalue weighted by molar-refractivity contribution is 6.31. The second kappa shape index (κ2) is 9.47. The van der Waals surface area contributed by atoms with E-state index in [0.717, 1.165) is 48.4 Å². The van der Waals surface area contributed by atoms with Crippen molar-refractivity contribution in [3.05, 3.63) is 47.0 Å². The number of H-pyrrole nitrogens is 1. The van der Waals surface area contributed by atoms with Gasteiger partial charge in [-0.05, 0) is 55.2 Å². The molecule has 8 heteroatoms. The number of benzene rings is 2. The van der Waals surface area contributed by atoms with Crippen molar-refractivity contribution >= 4 is 34.5 Å². The molecular weight excluding hydrogens is 416 g/mol. The Kier molecular flexibility index (Phi) is 6.51. The lowest BCUT2D eigenvalue weighted by atomic mass is 9.97. The van der Waals surface area contributed by atoms with Crippen LogP contribution in [0.2, 0.25) is 5.02 Å². The minimum absolute atomic E-state index is 0.0593. The lowest BCUT2D eigenvalue weighted by Gasteiger charge is -2.31. The van der Waals surface area contributed by atoms with E-state index in [9.17, 15) is 4.79 Å². The lowest BCUT2D eigenvalue weighted by Crippen LogP contribution is -2.43. The predicted octanol–water partition coefficient (Wildman–Crippen LogP) is 3.81. The van der Waals surface area contributed by atoms with E-state index in [1.807, 2.05) is 36.4 Å². The molecule has 2 N–H and O–H groups in total. The van der Waals surface area contributed by atoms with E-state index < -0.39 is 0 Å². The second-order valence-electron chi connectivity index (χ2n) is 7.74. The number of amides is 1. The monoisotopic (exact) mass is 442 g/mol. The number of halogens is 1. The first kappa shape index (κ1) is 21.3. The summed E-state index contributed by atoms with van der Waals surface area (Å²) in [6, 6.07) is 11.4. The number of rotatable bonds is 7. The average Bonchev–Trinajstić information content (AvgIpc) is 3.22. The van der Waals surface area contributed by atoms with Gasteiger partial charge in [0.15, 0.2) is 11.5 Å². The van der Waals surface area contributed by atoms with Gasteiger partial charge in [-0.25, -0.2) is 4.98 Å². The van der Waals surface area contributed by atoms with Gasteiger partial charge in [-0.15, -0.1) is 0 Å². The average molecular weight is 443 g/mol. The number of fused-ring (bicyclic) bond motifs is 1. The van der Waals surface area contributed by atoms with Crippen molar-refractivity contribution in [1.29, 1.82) is 0 Å². The molecule has 3 aromatic rings. The molecule has 1 aromatic heterocycles. The molecule has 1 aliphatic rings. The zero-order valence-electron chi connectivity index (χ0n) is 17.8. The van der Waals surface area contributed by atoms with E-state index in [2.05, 4.69) is 20.2 Å². The summed E-state index contributed by atoms with van der Waals surface area (Å²) < 4.78 is 10.6. The highest BCUT2D eigenvalue weighted by atomic mass is 35.5. The van der Waals surface area contributed by atoms with E-state index in [1.54, 1.807) is 14.2 Å². The van der Waals surface area contributed by atoms with Crippen molar-refractivity contribution in [3.8, 4) is 11.5 Å². The third-order valence-corrected chi connectivity index (χ3v) is 5.92. The summed E-state index contributed by atoms with van der Waals surface area (Å²) in [4.78, 5) is 22.9. The van der Waals surface area contributed by atoms with Crippen LogP contribution >= 0.6 is 11.6 Å². The maximum atomic E-state index is 12.8. The number of hydrogen-bond acceptors (Lipinski definition) is 5. The first-order chi connectivity index (χ1) is 15.1. The summed E-state index contributed by atoms with van der Waals surface area (Å²) in [6.07, 6.45) is 2.56. The molecule has 1 amide bonds. The molecule has 1 atom stereocenters. The molecule has 0 saturated carbocycles. The Morgan fingerprint density at radius 3 is 2.87 bits per heavy atom. The summed E-state index contributed by atoms with van der Waals surface area (Å²) in [6.45, 7) is 2.10.